The Morgan fingerprint density at radius 1 is 1.43 bits per heavy atom. The fraction of sp³-hybridized carbons (Fsp3) is 0.500. The maximum Gasteiger partial charge on any atom is 0.0984 e. The van der Waals surface area contributed by atoms with Crippen molar-refractivity contribution in [2.75, 3.05) is 13.2 Å². The highest BCUT2D eigenvalue weighted by atomic mass is 16.5. The van der Waals surface area contributed by atoms with Crippen LogP contribution in [-0.4, -0.2) is 34.2 Å². The summed E-state index contributed by atoms with van der Waals surface area (Å²) in [7, 11) is 1.89. The zero-order chi connectivity index (χ0) is 14.7. The molecule has 3 rings (SSSR count). The predicted molar refractivity (Wildman–Crippen MR) is 81.0 cm³/mol. The lowest BCUT2D eigenvalue weighted by Gasteiger charge is -2.32. The lowest BCUT2D eigenvalue weighted by molar-refractivity contribution is 0.0155. The Bertz CT molecular complexity index is 595. The molecule has 0 fully saturated rings. The molecule has 0 spiro atoms. The lowest BCUT2D eigenvalue weighted by atomic mass is 9.91. The van der Waals surface area contributed by atoms with Crippen molar-refractivity contribution < 1.29 is 4.74 Å². The van der Waals surface area contributed by atoms with Crippen molar-refractivity contribution >= 4 is 0 Å². The predicted octanol–water partition coefficient (Wildman–Crippen LogP) is 1.65. The average Bonchev–Trinajstić information content (AvgIpc) is 2.91. The summed E-state index contributed by atoms with van der Waals surface area (Å²) in [6, 6.07) is 8.79. The second-order valence-corrected chi connectivity index (χ2v) is 5.49. The molecule has 1 aliphatic heterocycles. The summed E-state index contributed by atoms with van der Waals surface area (Å²) in [4.78, 5) is 0. The summed E-state index contributed by atoms with van der Waals surface area (Å²) in [5, 5.41) is 11.8. The summed E-state index contributed by atoms with van der Waals surface area (Å²) in [5.41, 5.74) is 3.70. The minimum absolute atomic E-state index is 0.0805. The fourth-order valence-electron chi connectivity index (χ4n) is 3.02. The molecule has 1 aromatic carbocycles. The van der Waals surface area contributed by atoms with E-state index in [9.17, 15) is 0 Å². The van der Waals surface area contributed by atoms with Gasteiger partial charge in [0.25, 0.3) is 0 Å². The van der Waals surface area contributed by atoms with Gasteiger partial charge in [-0.15, -0.1) is 5.10 Å². The van der Waals surface area contributed by atoms with Crippen LogP contribution in [0.3, 0.4) is 0 Å². The van der Waals surface area contributed by atoms with Gasteiger partial charge in [-0.3, -0.25) is 4.68 Å². The minimum atomic E-state index is 0.0805. The Morgan fingerprint density at radius 3 is 3.05 bits per heavy atom. The van der Waals surface area contributed by atoms with Crippen LogP contribution < -0.4 is 5.32 Å². The van der Waals surface area contributed by atoms with Crippen LogP contribution in [0.15, 0.2) is 30.5 Å². The van der Waals surface area contributed by atoms with Crippen molar-refractivity contribution in [2.24, 2.45) is 7.05 Å². The van der Waals surface area contributed by atoms with E-state index in [4.69, 9.17) is 4.74 Å². The second kappa shape index (κ2) is 6.37. The summed E-state index contributed by atoms with van der Waals surface area (Å²) >= 11 is 0. The Balaban J connectivity index is 1.84. The molecule has 0 saturated carbocycles. The maximum absolute atomic E-state index is 6.08. The molecule has 2 unspecified atom stereocenters. The van der Waals surface area contributed by atoms with Crippen molar-refractivity contribution in [3.05, 3.63) is 47.3 Å². The van der Waals surface area contributed by atoms with E-state index < -0.39 is 0 Å². The highest BCUT2D eigenvalue weighted by Gasteiger charge is 2.29. The third kappa shape index (κ3) is 3.14. The largest absolute Gasteiger partial charge is 0.372 e. The van der Waals surface area contributed by atoms with E-state index in [1.54, 1.807) is 4.68 Å². The Morgan fingerprint density at radius 2 is 2.29 bits per heavy atom. The molecule has 0 saturated heterocycles. The van der Waals surface area contributed by atoms with Crippen molar-refractivity contribution in [1.29, 1.82) is 0 Å². The van der Waals surface area contributed by atoms with E-state index in [0.29, 0.717) is 0 Å². The van der Waals surface area contributed by atoms with Gasteiger partial charge >= 0.3 is 0 Å². The van der Waals surface area contributed by atoms with E-state index in [-0.39, 0.29) is 12.1 Å². The van der Waals surface area contributed by atoms with Crippen LogP contribution in [0.2, 0.25) is 0 Å². The summed E-state index contributed by atoms with van der Waals surface area (Å²) in [6.07, 6.45) is 3.87. The van der Waals surface area contributed by atoms with Crippen molar-refractivity contribution in [2.45, 2.75) is 31.9 Å². The first-order chi connectivity index (χ1) is 10.3. The van der Waals surface area contributed by atoms with Crippen molar-refractivity contribution in [1.82, 2.24) is 20.3 Å². The topological polar surface area (TPSA) is 52.0 Å². The number of hydrogen-bond acceptors (Lipinski definition) is 4. The molecule has 0 amide bonds. The van der Waals surface area contributed by atoms with Crippen LogP contribution >= 0.6 is 0 Å². The summed E-state index contributed by atoms with van der Waals surface area (Å²) in [5.74, 6) is 0. The van der Waals surface area contributed by atoms with Crippen molar-refractivity contribution in [3.8, 4) is 0 Å². The highest BCUT2D eigenvalue weighted by molar-refractivity contribution is 5.32. The standard InChI is InChI=1S/C16H22N4O/c1-3-17-15(10-13-11-20(2)19-18-13)16-14-7-5-4-6-12(14)8-9-21-16/h4-7,11,15-17H,3,8-10H2,1-2H3. The Kier molecular flexibility index (Phi) is 4.31. The van der Waals surface area contributed by atoms with E-state index >= 15 is 0 Å². The normalized spacial score (nSPS) is 19.2. The molecular weight excluding hydrogens is 264 g/mol. The molecule has 2 atom stereocenters. The Labute approximate surface area is 125 Å². The number of likely N-dealkylation sites (N-methyl/N-ethyl adjacent to an activating group) is 1. The molecule has 1 N–H and O–H groups in total. The van der Waals surface area contributed by atoms with Gasteiger partial charge in [-0.2, -0.15) is 0 Å². The third-order valence-corrected chi connectivity index (χ3v) is 3.94. The number of hydrogen-bond donors (Lipinski definition) is 1. The molecule has 2 heterocycles. The van der Waals surface area contributed by atoms with Crippen LogP contribution in [0.1, 0.15) is 29.8 Å². The molecule has 112 valence electrons. The number of nitrogens with zero attached hydrogens (tertiary/aromatic N) is 3. The number of ether oxygens (including phenoxy) is 1. The monoisotopic (exact) mass is 286 g/mol. The van der Waals surface area contributed by atoms with Gasteiger partial charge in [0.05, 0.1) is 18.4 Å². The number of nitrogens with one attached hydrogen (secondary N) is 1. The van der Waals surface area contributed by atoms with Crippen LogP contribution in [0.25, 0.3) is 0 Å². The summed E-state index contributed by atoms with van der Waals surface area (Å²) < 4.78 is 7.82. The van der Waals surface area contributed by atoms with E-state index in [1.165, 1.54) is 11.1 Å². The lowest BCUT2D eigenvalue weighted by Crippen LogP contribution is -2.40. The van der Waals surface area contributed by atoms with Crippen molar-refractivity contribution in [3.63, 3.8) is 0 Å². The molecule has 1 aromatic heterocycles. The first-order valence-corrected chi connectivity index (χ1v) is 7.56. The fourth-order valence-corrected chi connectivity index (χ4v) is 3.02. The first kappa shape index (κ1) is 14.2. The highest BCUT2D eigenvalue weighted by Crippen LogP contribution is 2.30. The Hall–Kier alpha value is -1.72. The molecule has 5 heteroatoms. The summed E-state index contributed by atoms with van der Waals surface area (Å²) in [6.45, 7) is 3.81. The third-order valence-electron chi connectivity index (χ3n) is 3.94. The average molecular weight is 286 g/mol. The van der Waals surface area contributed by atoms with Crippen LogP contribution in [0, 0.1) is 0 Å². The number of benzene rings is 1. The maximum atomic E-state index is 6.08. The smallest absolute Gasteiger partial charge is 0.0984 e. The number of fused-ring (bicyclic) bond motifs is 1. The van der Waals surface area contributed by atoms with E-state index in [0.717, 1.165) is 31.7 Å². The van der Waals surface area contributed by atoms with Crippen LogP contribution in [-0.2, 0) is 24.6 Å². The molecule has 0 bridgehead atoms. The van der Waals surface area contributed by atoms with Gasteiger partial charge < -0.3 is 10.1 Å². The zero-order valence-electron chi connectivity index (χ0n) is 12.6. The molecular formula is C16H22N4O. The molecule has 21 heavy (non-hydrogen) atoms. The van der Waals surface area contributed by atoms with Gasteiger partial charge in [0.15, 0.2) is 0 Å². The SMILES string of the molecule is CCNC(Cc1cn(C)nn1)C1OCCc2ccccc21. The molecule has 2 aromatic rings. The number of rotatable bonds is 5. The number of aryl methyl sites for hydroxylation is 1. The van der Waals surface area contributed by atoms with Crippen LogP contribution in [0.5, 0.6) is 0 Å². The molecule has 0 aliphatic carbocycles. The van der Waals surface area contributed by atoms with Gasteiger partial charge in [0.1, 0.15) is 0 Å². The minimum Gasteiger partial charge on any atom is -0.372 e. The zero-order valence-corrected chi connectivity index (χ0v) is 12.6. The quantitative estimate of drug-likeness (QED) is 0.908. The number of aromatic nitrogens is 3. The molecule has 0 radical (unpaired) electrons. The van der Waals surface area contributed by atoms with E-state index in [1.807, 2.05) is 13.2 Å². The first-order valence-electron chi connectivity index (χ1n) is 7.56. The molecule has 1 aliphatic rings. The van der Waals surface area contributed by atoms with Crippen LogP contribution in [0.4, 0.5) is 0 Å². The van der Waals surface area contributed by atoms with E-state index in [2.05, 4.69) is 46.8 Å². The van der Waals surface area contributed by atoms with Gasteiger partial charge in [0, 0.05) is 25.7 Å². The van der Waals surface area contributed by atoms with Gasteiger partial charge in [-0.1, -0.05) is 36.4 Å². The van der Waals surface area contributed by atoms with Gasteiger partial charge in [0.2, 0.25) is 0 Å². The van der Waals surface area contributed by atoms with Gasteiger partial charge in [-0.05, 0) is 24.1 Å². The second-order valence-electron chi connectivity index (χ2n) is 5.49. The molecule has 5 nitrogen and oxygen atoms in total. The van der Waals surface area contributed by atoms with Gasteiger partial charge in [-0.25, -0.2) is 0 Å².